The van der Waals surface area contributed by atoms with E-state index in [0.29, 0.717) is 6.42 Å². The van der Waals surface area contributed by atoms with Gasteiger partial charge in [0.05, 0.1) is 11.8 Å². The lowest BCUT2D eigenvalue weighted by atomic mass is 10.0. The van der Waals surface area contributed by atoms with Gasteiger partial charge in [0.25, 0.3) is 0 Å². The minimum Gasteiger partial charge on any atom is -0.390 e. The third kappa shape index (κ3) is 9.74. The predicted molar refractivity (Wildman–Crippen MR) is 103 cm³/mol. The van der Waals surface area contributed by atoms with Gasteiger partial charge in [-0.15, -0.1) is 6.58 Å². The molecule has 1 aromatic carbocycles. The van der Waals surface area contributed by atoms with Gasteiger partial charge in [-0.05, 0) is 25.0 Å². The molecule has 3 nitrogen and oxygen atoms in total. The Balaban J connectivity index is 2.25. The lowest BCUT2D eigenvalue weighted by Crippen LogP contribution is -2.30. The summed E-state index contributed by atoms with van der Waals surface area (Å²) >= 11 is 0. The molecule has 0 heterocycles. The molecular formula is C21H35NO2. The molecule has 0 aromatic heterocycles. The van der Waals surface area contributed by atoms with E-state index >= 15 is 0 Å². The molecule has 2 N–H and O–H groups in total. The monoisotopic (exact) mass is 333 g/mol. The molecule has 0 bridgehead atoms. The zero-order valence-electron chi connectivity index (χ0n) is 15.3. The molecule has 0 aliphatic rings. The SMILES string of the molecule is C=CC[C@H](O)[C@@H](CCCCCCCCCC)ONc1ccccc1. The van der Waals surface area contributed by atoms with E-state index in [2.05, 4.69) is 19.0 Å². The zero-order valence-corrected chi connectivity index (χ0v) is 15.3. The molecule has 1 aromatic rings. The minimum absolute atomic E-state index is 0.205. The first-order valence-corrected chi connectivity index (χ1v) is 9.53. The van der Waals surface area contributed by atoms with Gasteiger partial charge in [-0.1, -0.05) is 82.6 Å². The van der Waals surface area contributed by atoms with E-state index in [1.54, 1.807) is 6.08 Å². The molecule has 0 radical (unpaired) electrons. The fourth-order valence-electron chi connectivity index (χ4n) is 2.78. The molecule has 0 fully saturated rings. The maximum atomic E-state index is 10.3. The Bertz CT molecular complexity index is 408. The van der Waals surface area contributed by atoms with Crippen molar-refractivity contribution < 1.29 is 9.94 Å². The summed E-state index contributed by atoms with van der Waals surface area (Å²) < 4.78 is 0. The van der Waals surface area contributed by atoms with Crippen molar-refractivity contribution in [1.82, 2.24) is 0 Å². The van der Waals surface area contributed by atoms with Crippen molar-refractivity contribution in [3.63, 3.8) is 0 Å². The quantitative estimate of drug-likeness (QED) is 0.240. The highest BCUT2D eigenvalue weighted by Crippen LogP contribution is 2.17. The molecule has 0 aliphatic heterocycles. The van der Waals surface area contributed by atoms with Crippen LogP contribution < -0.4 is 5.48 Å². The summed E-state index contributed by atoms with van der Waals surface area (Å²) in [7, 11) is 0. The number of nitrogens with one attached hydrogen (secondary N) is 1. The normalized spacial score (nSPS) is 13.4. The van der Waals surface area contributed by atoms with Crippen molar-refractivity contribution in [3.05, 3.63) is 43.0 Å². The van der Waals surface area contributed by atoms with Gasteiger partial charge in [0, 0.05) is 0 Å². The van der Waals surface area contributed by atoms with E-state index in [1.165, 1.54) is 44.9 Å². The molecule has 0 saturated carbocycles. The standard InChI is InChI=1S/C21H35NO2/c1-3-5-6-7-8-9-10-14-18-21(20(23)15-4-2)24-22-19-16-12-11-13-17-19/h4,11-13,16-17,20-23H,2-3,5-10,14-15,18H2,1H3/t20-,21+/m0/s1. The average Bonchev–Trinajstić information content (AvgIpc) is 2.61. The number of hydrogen-bond acceptors (Lipinski definition) is 3. The van der Waals surface area contributed by atoms with Gasteiger partial charge < -0.3 is 5.11 Å². The molecule has 0 aliphatic carbocycles. The smallest absolute Gasteiger partial charge is 0.111 e. The number of hydrogen-bond donors (Lipinski definition) is 2. The van der Waals surface area contributed by atoms with Crippen molar-refractivity contribution in [2.75, 3.05) is 5.48 Å². The fourth-order valence-corrected chi connectivity index (χ4v) is 2.78. The maximum Gasteiger partial charge on any atom is 0.111 e. The highest BCUT2D eigenvalue weighted by atomic mass is 16.7. The Morgan fingerprint density at radius 3 is 2.29 bits per heavy atom. The summed E-state index contributed by atoms with van der Waals surface area (Å²) in [6.07, 6.45) is 12.7. The summed E-state index contributed by atoms with van der Waals surface area (Å²) in [5.41, 5.74) is 3.87. The molecule has 136 valence electrons. The van der Waals surface area contributed by atoms with Crippen LogP contribution in [0.4, 0.5) is 5.69 Å². The third-order valence-electron chi connectivity index (χ3n) is 4.28. The van der Waals surface area contributed by atoms with Gasteiger partial charge in [-0.2, -0.15) is 0 Å². The van der Waals surface area contributed by atoms with E-state index in [-0.39, 0.29) is 6.10 Å². The number of aliphatic hydroxyl groups excluding tert-OH is 1. The highest BCUT2D eigenvalue weighted by molar-refractivity contribution is 5.40. The van der Waals surface area contributed by atoms with Gasteiger partial charge in [0.15, 0.2) is 0 Å². The summed E-state index contributed by atoms with van der Waals surface area (Å²) in [5, 5.41) is 10.3. The Morgan fingerprint density at radius 2 is 1.67 bits per heavy atom. The number of anilines is 1. The predicted octanol–water partition coefficient (Wildman–Crippen LogP) is 5.87. The Hall–Kier alpha value is -1.32. The third-order valence-corrected chi connectivity index (χ3v) is 4.28. The van der Waals surface area contributed by atoms with Crippen molar-refractivity contribution in [2.45, 2.75) is 83.3 Å². The van der Waals surface area contributed by atoms with Gasteiger partial charge in [-0.25, -0.2) is 0 Å². The van der Waals surface area contributed by atoms with Gasteiger partial charge in [0.1, 0.15) is 6.10 Å². The van der Waals surface area contributed by atoms with Crippen LogP contribution in [0.25, 0.3) is 0 Å². The largest absolute Gasteiger partial charge is 0.390 e. The molecule has 0 amide bonds. The number of rotatable bonds is 15. The van der Waals surface area contributed by atoms with Crippen molar-refractivity contribution in [3.8, 4) is 0 Å². The van der Waals surface area contributed by atoms with Gasteiger partial charge >= 0.3 is 0 Å². The van der Waals surface area contributed by atoms with E-state index < -0.39 is 6.10 Å². The maximum absolute atomic E-state index is 10.3. The van der Waals surface area contributed by atoms with Crippen molar-refractivity contribution in [1.29, 1.82) is 0 Å². The summed E-state index contributed by atoms with van der Waals surface area (Å²) in [4.78, 5) is 5.75. The van der Waals surface area contributed by atoms with Crippen LogP contribution in [-0.4, -0.2) is 17.3 Å². The first-order chi connectivity index (χ1) is 11.8. The Kier molecular flexibility index (Phi) is 12.1. The van der Waals surface area contributed by atoms with Crippen LogP contribution in [0.2, 0.25) is 0 Å². The molecular weight excluding hydrogens is 298 g/mol. The van der Waals surface area contributed by atoms with Crippen LogP contribution in [0.5, 0.6) is 0 Å². The minimum atomic E-state index is -0.511. The number of benzene rings is 1. The average molecular weight is 334 g/mol. The topological polar surface area (TPSA) is 41.5 Å². The second kappa shape index (κ2) is 14.1. The van der Waals surface area contributed by atoms with Crippen molar-refractivity contribution >= 4 is 5.69 Å². The van der Waals surface area contributed by atoms with Crippen LogP contribution >= 0.6 is 0 Å². The number of unbranched alkanes of at least 4 members (excludes halogenated alkanes) is 7. The summed E-state index contributed by atoms with van der Waals surface area (Å²) in [5.74, 6) is 0. The molecule has 0 saturated heterocycles. The van der Waals surface area contributed by atoms with Crippen LogP contribution in [0.1, 0.15) is 71.1 Å². The first kappa shape index (κ1) is 20.7. The lowest BCUT2D eigenvalue weighted by Gasteiger charge is -2.22. The highest BCUT2D eigenvalue weighted by Gasteiger charge is 2.19. The Morgan fingerprint density at radius 1 is 1.04 bits per heavy atom. The van der Waals surface area contributed by atoms with Crippen LogP contribution in [0.15, 0.2) is 43.0 Å². The summed E-state index contributed by atoms with van der Waals surface area (Å²) in [6, 6.07) is 9.79. The molecule has 0 spiro atoms. The Labute approximate surface area is 148 Å². The molecule has 3 heteroatoms. The number of aliphatic hydroxyl groups is 1. The van der Waals surface area contributed by atoms with Gasteiger partial charge in [0.2, 0.25) is 0 Å². The van der Waals surface area contributed by atoms with E-state index in [4.69, 9.17) is 4.84 Å². The van der Waals surface area contributed by atoms with E-state index in [0.717, 1.165) is 18.5 Å². The van der Waals surface area contributed by atoms with Crippen LogP contribution in [0, 0.1) is 0 Å². The lowest BCUT2D eigenvalue weighted by molar-refractivity contribution is -0.0167. The molecule has 1 rings (SSSR count). The van der Waals surface area contributed by atoms with Crippen molar-refractivity contribution in [2.24, 2.45) is 0 Å². The second-order valence-corrected chi connectivity index (χ2v) is 6.48. The summed E-state index contributed by atoms with van der Waals surface area (Å²) in [6.45, 7) is 5.96. The molecule has 2 atom stereocenters. The first-order valence-electron chi connectivity index (χ1n) is 9.53. The van der Waals surface area contributed by atoms with Gasteiger partial charge in [-0.3, -0.25) is 10.3 Å². The number of para-hydroxylation sites is 1. The van der Waals surface area contributed by atoms with Crippen LogP contribution in [-0.2, 0) is 4.84 Å². The molecule has 24 heavy (non-hydrogen) atoms. The van der Waals surface area contributed by atoms with E-state index in [1.807, 2.05) is 30.3 Å². The van der Waals surface area contributed by atoms with Crippen LogP contribution in [0.3, 0.4) is 0 Å². The molecule has 0 unspecified atom stereocenters. The van der Waals surface area contributed by atoms with E-state index in [9.17, 15) is 5.11 Å². The fraction of sp³-hybridized carbons (Fsp3) is 0.619. The zero-order chi connectivity index (χ0) is 17.5. The second-order valence-electron chi connectivity index (χ2n) is 6.48.